The van der Waals surface area contributed by atoms with E-state index < -0.39 is 5.60 Å². The summed E-state index contributed by atoms with van der Waals surface area (Å²) in [7, 11) is 0. The minimum atomic E-state index is -0.514. The summed E-state index contributed by atoms with van der Waals surface area (Å²) in [5.41, 5.74) is 0.683. The molecule has 100 valence electrons. The molecule has 2 aliphatic carbocycles. The van der Waals surface area contributed by atoms with Crippen molar-refractivity contribution < 1.29 is 5.11 Å². The van der Waals surface area contributed by atoms with Gasteiger partial charge in [-0.3, -0.25) is 0 Å². The molecule has 2 saturated carbocycles. The number of thiophene rings is 1. The largest absolute Gasteiger partial charge is 0.385 e. The third kappa shape index (κ3) is 2.25. The summed E-state index contributed by atoms with van der Waals surface area (Å²) in [5.74, 6) is 1.28. The van der Waals surface area contributed by atoms with Crippen LogP contribution in [0.1, 0.15) is 63.4 Å². The SMILES string of the molecule is OC1(c2ccsc2)CCCCC1C1CCCCC1. The molecule has 0 bridgehead atoms. The van der Waals surface area contributed by atoms with Crippen molar-refractivity contribution in [2.75, 3.05) is 0 Å². The van der Waals surface area contributed by atoms with Gasteiger partial charge in [-0.1, -0.05) is 44.9 Å². The molecule has 2 heteroatoms. The normalized spacial score (nSPS) is 34.6. The first-order valence-corrected chi connectivity index (χ1v) is 8.50. The van der Waals surface area contributed by atoms with Gasteiger partial charge in [0, 0.05) is 0 Å². The summed E-state index contributed by atoms with van der Waals surface area (Å²) >= 11 is 1.72. The molecular weight excluding hydrogens is 240 g/mol. The molecule has 1 aromatic heterocycles. The maximum absolute atomic E-state index is 11.3. The van der Waals surface area contributed by atoms with Crippen molar-refractivity contribution in [2.24, 2.45) is 11.8 Å². The second-order valence-electron chi connectivity index (χ2n) is 6.19. The summed E-state index contributed by atoms with van der Waals surface area (Å²) in [6.45, 7) is 0. The minimum Gasteiger partial charge on any atom is -0.385 e. The van der Waals surface area contributed by atoms with Crippen molar-refractivity contribution in [3.8, 4) is 0 Å². The molecule has 0 saturated heterocycles. The van der Waals surface area contributed by atoms with Crippen LogP contribution in [0, 0.1) is 11.8 Å². The Labute approximate surface area is 114 Å². The van der Waals surface area contributed by atoms with Crippen LogP contribution in [0.3, 0.4) is 0 Å². The first-order valence-electron chi connectivity index (χ1n) is 7.56. The van der Waals surface area contributed by atoms with Gasteiger partial charge in [0.25, 0.3) is 0 Å². The Bertz CT molecular complexity index is 366. The molecule has 1 nitrogen and oxygen atoms in total. The monoisotopic (exact) mass is 264 g/mol. The highest BCUT2D eigenvalue weighted by Crippen LogP contribution is 2.49. The average molecular weight is 264 g/mol. The van der Waals surface area contributed by atoms with E-state index in [1.165, 1.54) is 56.9 Å². The van der Waals surface area contributed by atoms with E-state index >= 15 is 0 Å². The Kier molecular flexibility index (Phi) is 3.76. The molecule has 0 aliphatic heterocycles. The van der Waals surface area contributed by atoms with E-state index in [1.807, 2.05) is 0 Å². The van der Waals surface area contributed by atoms with Gasteiger partial charge in [-0.05, 0) is 47.1 Å². The fourth-order valence-electron chi connectivity index (χ4n) is 4.21. The van der Waals surface area contributed by atoms with Gasteiger partial charge in [-0.2, -0.15) is 11.3 Å². The maximum Gasteiger partial charge on any atom is 0.0935 e. The lowest BCUT2D eigenvalue weighted by molar-refractivity contribution is -0.0832. The Morgan fingerprint density at radius 2 is 1.83 bits per heavy atom. The van der Waals surface area contributed by atoms with Crippen LogP contribution in [0.4, 0.5) is 0 Å². The minimum absolute atomic E-state index is 0.514. The molecule has 1 aromatic rings. The molecule has 0 aromatic carbocycles. The van der Waals surface area contributed by atoms with Crippen molar-refractivity contribution in [1.82, 2.24) is 0 Å². The maximum atomic E-state index is 11.3. The van der Waals surface area contributed by atoms with Gasteiger partial charge in [0.05, 0.1) is 5.60 Å². The van der Waals surface area contributed by atoms with Crippen LogP contribution in [0.25, 0.3) is 0 Å². The van der Waals surface area contributed by atoms with Crippen molar-refractivity contribution in [3.05, 3.63) is 22.4 Å². The second-order valence-corrected chi connectivity index (χ2v) is 6.97. The topological polar surface area (TPSA) is 20.2 Å². The van der Waals surface area contributed by atoms with Crippen LogP contribution in [0.15, 0.2) is 16.8 Å². The zero-order chi connectivity index (χ0) is 12.4. The van der Waals surface area contributed by atoms with E-state index in [2.05, 4.69) is 16.8 Å². The fourth-order valence-corrected chi connectivity index (χ4v) is 4.95. The number of rotatable bonds is 2. The summed E-state index contributed by atoms with van der Waals surface area (Å²) in [6, 6.07) is 2.14. The van der Waals surface area contributed by atoms with Crippen LogP contribution >= 0.6 is 11.3 Å². The molecular formula is C16H24OS. The highest BCUT2D eigenvalue weighted by molar-refractivity contribution is 7.08. The van der Waals surface area contributed by atoms with Gasteiger partial charge in [0.1, 0.15) is 0 Å². The molecule has 1 N–H and O–H groups in total. The quantitative estimate of drug-likeness (QED) is 0.820. The molecule has 2 atom stereocenters. The van der Waals surface area contributed by atoms with E-state index in [1.54, 1.807) is 11.3 Å². The summed E-state index contributed by atoms with van der Waals surface area (Å²) in [5, 5.41) is 15.5. The summed E-state index contributed by atoms with van der Waals surface area (Å²) < 4.78 is 0. The Balaban J connectivity index is 1.85. The van der Waals surface area contributed by atoms with Crippen LogP contribution in [-0.2, 0) is 5.60 Å². The van der Waals surface area contributed by atoms with Crippen molar-refractivity contribution in [2.45, 2.75) is 63.4 Å². The van der Waals surface area contributed by atoms with Gasteiger partial charge in [0.15, 0.2) is 0 Å². The van der Waals surface area contributed by atoms with Crippen LogP contribution in [-0.4, -0.2) is 5.11 Å². The van der Waals surface area contributed by atoms with Gasteiger partial charge < -0.3 is 5.11 Å². The molecule has 2 aliphatic rings. The fraction of sp³-hybridized carbons (Fsp3) is 0.750. The highest BCUT2D eigenvalue weighted by Gasteiger charge is 2.44. The van der Waals surface area contributed by atoms with Gasteiger partial charge in [0.2, 0.25) is 0 Å². The second kappa shape index (κ2) is 5.34. The zero-order valence-corrected chi connectivity index (χ0v) is 11.9. The lowest BCUT2D eigenvalue weighted by Crippen LogP contribution is -2.42. The van der Waals surface area contributed by atoms with E-state index in [9.17, 15) is 5.11 Å². The standard InChI is InChI=1S/C16H24OS/c17-16(14-9-11-18-12-14)10-5-4-8-15(16)13-6-2-1-3-7-13/h9,11-13,15,17H,1-8,10H2. The molecule has 0 amide bonds. The molecule has 0 radical (unpaired) electrons. The number of hydrogen-bond donors (Lipinski definition) is 1. The van der Waals surface area contributed by atoms with E-state index in [0.717, 1.165) is 12.3 Å². The number of hydrogen-bond acceptors (Lipinski definition) is 2. The number of aliphatic hydroxyl groups is 1. The van der Waals surface area contributed by atoms with E-state index in [-0.39, 0.29) is 0 Å². The van der Waals surface area contributed by atoms with Crippen molar-refractivity contribution in [3.63, 3.8) is 0 Å². The zero-order valence-electron chi connectivity index (χ0n) is 11.1. The van der Waals surface area contributed by atoms with Crippen LogP contribution in [0.5, 0.6) is 0 Å². The van der Waals surface area contributed by atoms with Gasteiger partial charge >= 0.3 is 0 Å². The summed E-state index contributed by atoms with van der Waals surface area (Å²) in [6.07, 6.45) is 11.6. The molecule has 2 fully saturated rings. The van der Waals surface area contributed by atoms with Gasteiger partial charge in [-0.25, -0.2) is 0 Å². The predicted octanol–water partition coefficient (Wildman–Crippen LogP) is 4.71. The van der Waals surface area contributed by atoms with Gasteiger partial charge in [-0.15, -0.1) is 0 Å². The average Bonchev–Trinajstić information content (AvgIpc) is 2.95. The third-order valence-electron chi connectivity index (χ3n) is 5.18. The lowest BCUT2D eigenvalue weighted by atomic mass is 9.64. The van der Waals surface area contributed by atoms with E-state index in [0.29, 0.717) is 5.92 Å². The third-order valence-corrected chi connectivity index (χ3v) is 5.86. The molecule has 0 spiro atoms. The first kappa shape index (κ1) is 12.7. The Hall–Kier alpha value is -0.340. The molecule has 18 heavy (non-hydrogen) atoms. The van der Waals surface area contributed by atoms with Crippen LogP contribution < -0.4 is 0 Å². The Morgan fingerprint density at radius 1 is 1.06 bits per heavy atom. The van der Waals surface area contributed by atoms with E-state index in [4.69, 9.17) is 0 Å². The molecule has 1 heterocycles. The van der Waals surface area contributed by atoms with Crippen molar-refractivity contribution >= 4 is 11.3 Å². The molecule has 2 unspecified atom stereocenters. The molecule has 3 rings (SSSR count). The van der Waals surface area contributed by atoms with Crippen LogP contribution in [0.2, 0.25) is 0 Å². The first-order chi connectivity index (χ1) is 8.81. The Morgan fingerprint density at radius 3 is 2.56 bits per heavy atom. The lowest BCUT2D eigenvalue weighted by Gasteiger charge is -2.45. The smallest absolute Gasteiger partial charge is 0.0935 e. The summed E-state index contributed by atoms with van der Waals surface area (Å²) in [4.78, 5) is 0. The predicted molar refractivity (Wildman–Crippen MR) is 76.7 cm³/mol. The highest BCUT2D eigenvalue weighted by atomic mass is 32.1. The van der Waals surface area contributed by atoms with Crippen molar-refractivity contribution in [1.29, 1.82) is 0 Å².